The molecule has 3 N–H and O–H groups in total. The topological polar surface area (TPSA) is 172 Å². The Balaban J connectivity index is 1.02. The summed E-state index contributed by atoms with van der Waals surface area (Å²) in [5.41, 5.74) is 8.11. The van der Waals surface area contributed by atoms with Crippen molar-refractivity contribution in [2.24, 2.45) is 29.4 Å². The van der Waals surface area contributed by atoms with Crippen LogP contribution in [0.1, 0.15) is 83.7 Å². The third kappa shape index (κ3) is 11.3. The van der Waals surface area contributed by atoms with E-state index in [9.17, 15) is 19.2 Å². The van der Waals surface area contributed by atoms with Gasteiger partial charge in [0.15, 0.2) is 0 Å². The van der Waals surface area contributed by atoms with E-state index in [1.807, 2.05) is 38.1 Å². The number of nitrogens with one attached hydrogen (secondary N) is 1. The zero-order valence-corrected chi connectivity index (χ0v) is 35.8. The minimum absolute atomic E-state index is 0.0366. The van der Waals surface area contributed by atoms with Crippen molar-refractivity contribution in [3.63, 3.8) is 0 Å². The molecule has 60 heavy (non-hydrogen) atoms. The summed E-state index contributed by atoms with van der Waals surface area (Å²) in [7, 11) is 1.41. The number of primary amides is 1. The Morgan fingerprint density at radius 3 is 2.53 bits per heavy atom. The minimum atomic E-state index is -0.938. The maximum Gasteiger partial charge on any atom is 0.408 e. The second kappa shape index (κ2) is 20.0. The molecule has 7 rings (SSSR count). The summed E-state index contributed by atoms with van der Waals surface area (Å²) in [6.45, 7) is 8.36. The number of likely N-dealkylation sites (tertiary alicyclic amines) is 1. The van der Waals surface area contributed by atoms with E-state index in [0.717, 1.165) is 63.7 Å². The number of hydrogen-bond donors (Lipinski definition) is 2. The number of pyridine rings is 1. The maximum absolute atomic E-state index is 14.4. The van der Waals surface area contributed by atoms with E-state index >= 15 is 0 Å². The molecule has 0 radical (unpaired) electrons. The average Bonchev–Trinajstić information content (AvgIpc) is 4.08. The predicted molar refractivity (Wildman–Crippen MR) is 226 cm³/mol. The quantitative estimate of drug-likeness (QED) is 0.0956. The van der Waals surface area contributed by atoms with Gasteiger partial charge in [-0.1, -0.05) is 42.2 Å². The number of fused-ring (bicyclic) bond motifs is 2. The van der Waals surface area contributed by atoms with Gasteiger partial charge in [-0.2, -0.15) is 0 Å². The van der Waals surface area contributed by atoms with E-state index in [2.05, 4.69) is 22.4 Å². The van der Waals surface area contributed by atoms with Crippen molar-refractivity contribution < 1.29 is 42.9 Å². The number of halogens is 1. The van der Waals surface area contributed by atoms with E-state index in [-0.39, 0.29) is 36.9 Å². The van der Waals surface area contributed by atoms with Crippen molar-refractivity contribution in [1.82, 2.24) is 20.1 Å². The molecule has 0 bridgehead atoms. The number of ether oxygens (including phenoxy) is 5. The summed E-state index contributed by atoms with van der Waals surface area (Å²) in [5.74, 6) is 1.27. The van der Waals surface area contributed by atoms with Crippen LogP contribution in [0.5, 0.6) is 11.5 Å². The molecule has 1 aromatic heterocycles. The van der Waals surface area contributed by atoms with E-state index in [1.165, 1.54) is 18.4 Å². The number of carbonyl (C=O) groups is 4. The number of benzene rings is 1. The van der Waals surface area contributed by atoms with Crippen LogP contribution in [0.2, 0.25) is 5.02 Å². The lowest BCUT2D eigenvalue weighted by molar-refractivity contribution is -0.142. The Labute approximate surface area is 357 Å². The second-order valence-electron chi connectivity index (χ2n) is 17.3. The van der Waals surface area contributed by atoms with Crippen molar-refractivity contribution in [1.29, 1.82) is 0 Å². The molecule has 5 aliphatic rings. The van der Waals surface area contributed by atoms with Crippen LogP contribution < -0.4 is 20.5 Å². The lowest BCUT2D eigenvalue weighted by Crippen LogP contribution is -2.53. The normalized spacial score (nSPS) is 26.3. The fourth-order valence-electron chi connectivity index (χ4n) is 8.94. The van der Waals surface area contributed by atoms with Gasteiger partial charge >= 0.3 is 12.1 Å². The highest BCUT2D eigenvalue weighted by Crippen LogP contribution is 2.52. The molecule has 14 nitrogen and oxygen atoms in total. The van der Waals surface area contributed by atoms with Gasteiger partial charge in [0.25, 0.3) is 0 Å². The number of amides is 3. The summed E-state index contributed by atoms with van der Waals surface area (Å²) in [5, 5.41) is 3.89. The summed E-state index contributed by atoms with van der Waals surface area (Å²) in [4.78, 5) is 60.9. The van der Waals surface area contributed by atoms with Crippen molar-refractivity contribution in [3.8, 4) is 11.5 Å². The fourth-order valence-corrected chi connectivity index (χ4v) is 9.20. The number of nitrogens with zero attached hydrogens (tertiary/aromatic N) is 3. The first kappa shape index (κ1) is 43.7. The van der Waals surface area contributed by atoms with Gasteiger partial charge in [-0.15, -0.1) is 0 Å². The van der Waals surface area contributed by atoms with Crippen LogP contribution >= 0.6 is 11.6 Å². The minimum Gasteiger partial charge on any atom is -0.491 e. The van der Waals surface area contributed by atoms with E-state index in [1.54, 1.807) is 0 Å². The third-order valence-corrected chi connectivity index (χ3v) is 12.8. The molecule has 0 spiro atoms. The summed E-state index contributed by atoms with van der Waals surface area (Å²) < 4.78 is 28.8. The Morgan fingerprint density at radius 1 is 1.02 bits per heavy atom. The summed E-state index contributed by atoms with van der Waals surface area (Å²) >= 11 is 6.97. The molecular formula is C45H60ClN5O9. The maximum atomic E-state index is 14.4. The highest BCUT2D eigenvalue weighted by atomic mass is 35.5. The molecule has 1 aromatic carbocycles. The van der Waals surface area contributed by atoms with Gasteiger partial charge in [-0.3, -0.25) is 19.3 Å². The molecule has 3 saturated carbocycles. The lowest BCUT2D eigenvalue weighted by Gasteiger charge is -2.28. The van der Waals surface area contributed by atoms with Gasteiger partial charge in [-0.25, -0.2) is 9.78 Å². The van der Waals surface area contributed by atoms with E-state index < -0.39 is 36.1 Å². The Morgan fingerprint density at radius 2 is 1.80 bits per heavy atom. The van der Waals surface area contributed by atoms with Gasteiger partial charge < -0.3 is 39.6 Å². The SMILES string of the molecule is COC(=O)[C@H]1C[C@H]1/C=C\CCCCC[C@H](NC(=O)OC1C[C@@H]2C[C@@H]2C1)C(=O)N1C[C@H](Oc2cc(C=C(C)C)nc3c(Cl)c(OCCN4CCOCC4)ccc23)C[C@H]1C(N)=O. The monoisotopic (exact) mass is 849 g/mol. The second-order valence-corrected chi connectivity index (χ2v) is 17.7. The van der Waals surface area contributed by atoms with Crippen molar-refractivity contribution in [2.75, 3.05) is 53.1 Å². The van der Waals surface area contributed by atoms with Crippen molar-refractivity contribution in [2.45, 2.75) is 102 Å². The number of nitrogens with two attached hydrogens (primary N) is 1. The molecule has 2 saturated heterocycles. The molecule has 15 heteroatoms. The molecule has 2 aromatic rings. The number of alkyl carbamates (subject to hydrolysis) is 1. The highest BCUT2D eigenvalue weighted by molar-refractivity contribution is 6.36. The zero-order chi connectivity index (χ0) is 42.3. The number of esters is 1. The number of allylic oxidation sites excluding steroid dienone is 3. The first-order valence-corrected chi connectivity index (χ1v) is 22.0. The van der Waals surface area contributed by atoms with Gasteiger partial charge in [0.05, 0.1) is 44.0 Å². The molecule has 1 unspecified atom stereocenters. The van der Waals surface area contributed by atoms with E-state index in [0.29, 0.717) is 77.6 Å². The largest absolute Gasteiger partial charge is 0.491 e. The van der Waals surface area contributed by atoms with Crippen LogP contribution in [0.4, 0.5) is 4.79 Å². The number of unbranched alkanes of at least 4 members (excludes halogenated alkanes) is 3. The molecule has 3 aliphatic carbocycles. The van der Waals surface area contributed by atoms with Crippen molar-refractivity contribution >= 4 is 52.5 Å². The lowest BCUT2D eigenvalue weighted by atomic mass is 10.0. The molecular weight excluding hydrogens is 790 g/mol. The Kier molecular flexibility index (Phi) is 14.5. The molecule has 8 atom stereocenters. The highest BCUT2D eigenvalue weighted by Gasteiger charge is 2.48. The first-order valence-electron chi connectivity index (χ1n) is 21.7. The van der Waals surface area contributed by atoms with Gasteiger partial charge in [0.2, 0.25) is 11.8 Å². The Bertz CT molecular complexity index is 1940. The fraction of sp³-hybridized carbons (Fsp3) is 0.622. The first-order chi connectivity index (χ1) is 29.0. The third-order valence-electron chi connectivity index (χ3n) is 12.4. The predicted octanol–water partition coefficient (Wildman–Crippen LogP) is 6.07. The zero-order valence-electron chi connectivity index (χ0n) is 35.1. The molecule has 326 valence electrons. The standard InChI is InChI=1S/C45H60ClN5O9/c1-27(2)19-31-24-39(34-11-12-38(40(46)41(34)48-31)58-18-15-50-13-16-57-17-14-50)59-33-25-37(42(47)52)51(26-33)43(53)36(49-45(55)60-32-21-29-20-30(29)22-32)10-8-6-4-5-7-9-28-23-35(28)44(54)56-3/h7,9,11-12,19,24,28-30,32-33,35-37H,4-6,8,10,13-18,20-23,25-26H2,1-3H3,(H2,47,52)(H,49,55)/b9-7-/t28-,29-,30+,32?,33-,35+,36+,37+/m1/s1. The number of carbonyl (C=O) groups excluding carboxylic acids is 4. The van der Waals surface area contributed by atoms with Crippen LogP contribution in [0, 0.1) is 23.7 Å². The molecule has 3 amide bonds. The molecule has 3 heterocycles. The van der Waals surface area contributed by atoms with Crippen LogP contribution in [-0.2, 0) is 28.6 Å². The van der Waals surface area contributed by atoms with Crippen LogP contribution in [0.15, 0.2) is 35.9 Å². The van der Waals surface area contributed by atoms with Crippen LogP contribution in [0.3, 0.4) is 0 Å². The van der Waals surface area contributed by atoms with Gasteiger partial charge in [0, 0.05) is 37.5 Å². The number of rotatable bonds is 19. The summed E-state index contributed by atoms with van der Waals surface area (Å²) in [6.07, 6.45) is 12.2. The number of methoxy groups -OCH3 is 1. The average molecular weight is 850 g/mol. The van der Waals surface area contributed by atoms with E-state index in [4.69, 9.17) is 46.0 Å². The summed E-state index contributed by atoms with van der Waals surface area (Å²) in [6, 6.07) is 3.65. The Hall–Kier alpha value is -4.40. The number of aromatic nitrogens is 1. The van der Waals surface area contributed by atoms with Crippen LogP contribution in [0.25, 0.3) is 17.0 Å². The molecule has 2 aliphatic heterocycles. The molecule has 5 fully saturated rings. The van der Waals surface area contributed by atoms with Crippen molar-refractivity contribution in [3.05, 3.63) is 46.6 Å². The number of morpholine rings is 1. The van der Waals surface area contributed by atoms with Crippen LogP contribution in [-0.4, -0.2) is 116 Å². The van der Waals surface area contributed by atoms with Gasteiger partial charge in [0.1, 0.15) is 47.4 Å². The van der Waals surface area contributed by atoms with Gasteiger partial charge in [-0.05, 0) is 94.8 Å². The number of hydrogen-bond acceptors (Lipinski definition) is 11. The smallest absolute Gasteiger partial charge is 0.408 e.